The molecule has 4 rings (SSSR count). The lowest BCUT2D eigenvalue weighted by Gasteiger charge is -2.24. The number of hydrogen-bond acceptors (Lipinski definition) is 4. The lowest BCUT2D eigenvalue weighted by Crippen LogP contribution is -2.22. The molecule has 28 heavy (non-hydrogen) atoms. The maximum absolute atomic E-state index is 4.37. The van der Waals surface area contributed by atoms with Crippen LogP contribution in [0.5, 0.6) is 0 Å². The minimum atomic E-state index is 0.186. The molecule has 5 heteroatoms. The van der Waals surface area contributed by atoms with Crippen LogP contribution in [0.2, 0.25) is 0 Å². The highest BCUT2D eigenvalue weighted by atomic mass is 15.2. The summed E-state index contributed by atoms with van der Waals surface area (Å²) >= 11 is 0. The molecule has 1 N–H and O–H groups in total. The van der Waals surface area contributed by atoms with Crippen molar-refractivity contribution in [3.63, 3.8) is 0 Å². The van der Waals surface area contributed by atoms with Crippen LogP contribution in [0, 0.1) is 0 Å². The number of nitrogens with one attached hydrogen (secondary N) is 1. The average molecular weight is 369 g/mol. The first-order valence-corrected chi connectivity index (χ1v) is 9.36. The summed E-state index contributed by atoms with van der Waals surface area (Å²) < 4.78 is 0. The Hall–Kier alpha value is -3.31. The van der Waals surface area contributed by atoms with Crippen molar-refractivity contribution in [3.8, 4) is 22.4 Å². The lowest BCUT2D eigenvalue weighted by atomic mass is 10.0. The van der Waals surface area contributed by atoms with Crippen LogP contribution in [-0.4, -0.2) is 32.1 Å². The Morgan fingerprint density at radius 3 is 2.36 bits per heavy atom. The fraction of sp³-hybridized carbons (Fsp3) is 0.174. The topological polar surface area (TPSA) is 57.7 Å². The number of hydrogen-bond donors (Lipinski definition) is 1. The normalized spacial score (nSPS) is 12.2. The van der Waals surface area contributed by atoms with Gasteiger partial charge in [-0.1, -0.05) is 54.6 Å². The molecule has 0 radical (unpaired) electrons. The smallest absolute Gasteiger partial charge is 0.115 e. The first kappa shape index (κ1) is 18.1. The Balaban J connectivity index is 1.53. The van der Waals surface area contributed by atoms with E-state index in [4.69, 9.17) is 0 Å². The molecule has 0 unspecified atom stereocenters. The third-order valence-electron chi connectivity index (χ3n) is 5.11. The molecule has 0 saturated carbocycles. The van der Waals surface area contributed by atoms with Crippen molar-refractivity contribution in [2.24, 2.45) is 0 Å². The Kier molecular flexibility index (Phi) is 5.26. The second kappa shape index (κ2) is 8.15. The Bertz CT molecular complexity index is 1010. The number of benzene rings is 2. The van der Waals surface area contributed by atoms with Gasteiger partial charge in [-0.15, -0.1) is 0 Å². The third kappa shape index (κ3) is 3.85. The molecule has 0 saturated heterocycles. The Labute approximate surface area is 165 Å². The molecule has 0 amide bonds. The number of aromatic amines is 1. The summed E-state index contributed by atoms with van der Waals surface area (Å²) in [5.74, 6) is 0. The van der Waals surface area contributed by atoms with E-state index in [0.717, 1.165) is 29.1 Å². The molecule has 0 fully saturated rings. The predicted octanol–water partition coefficient (Wildman–Crippen LogP) is 4.73. The lowest BCUT2D eigenvalue weighted by molar-refractivity contribution is 0.249. The fourth-order valence-corrected chi connectivity index (χ4v) is 3.32. The summed E-state index contributed by atoms with van der Waals surface area (Å²) in [5, 5.41) is 7.45. The largest absolute Gasteiger partial charge is 0.294 e. The van der Waals surface area contributed by atoms with E-state index in [1.807, 2.05) is 18.3 Å². The van der Waals surface area contributed by atoms with E-state index in [1.165, 1.54) is 11.1 Å². The first-order chi connectivity index (χ1) is 13.7. The Morgan fingerprint density at radius 2 is 1.64 bits per heavy atom. The van der Waals surface area contributed by atoms with E-state index in [-0.39, 0.29) is 6.04 Å². The quantitative estimate of drug-likeness (QED) is 0.534. The Morgan fingerprint density at radius 1 is 0.929 bits per heavy atom. The summed E-state index contributed by atoms with van der Waals surface area (Å²) in [7, 11) is 2.10. The standard InChI is InChI=1S/C23H23N5/c1-17(22-12-13-24-16-25-22)28(2)15-21-14-26-27-23(21)20-10-8-19(9-11-20)18-6-4-3-5-7-18/h3-14,16-17H,15H2,1-2H3,(H,26,27)/t17-/m0/s1. The fourth-order valence-electron chi connectivity index (χ4n) is 3.32. The SMILES string of the molecule is C[C@@H](c1ccncn1)N(C)Cc1cn[nH]c1-c1ccc(-c2ccccc2)cc1. The van der Waals surface area contributed by atoms with Crippen LogP contribution in [0.25, 0.3) is 22.4 Å². The van der Waals surface area contributed by atoms with Crippen molar-refractivity contribution in [2.75, 3.05) is 7.05 Å². The van der Waals surface area contributed by atoms with Gasteiger partial charge in [0, 0.05) is 24.3 Å². The van der Waals surface area contributed by atoms with E-state index in [1.54, 1.807) is 12.5 Å². The molecular formula is C23H23N5. The van der Waals surface area contributed by atoms with Gasteiger partial charge in [0.15, 0.2) is 0 Å². The van der Waals surface area contributed by atoms with Crippen LogP contribution in [-0.2, 0) is 6.54 Å². The molecular weight excluding hydrogens is 346 g/mol. The van der Waals surface area contributed by atoms with Gasteiger partial charge in [-0.05, 0) is 36.7 Å². The second-order valence-corrected chi connectivity index (χ2v) is 6.94. The van der Waals surface area contributed by atoms with Crippen molar-refractivity contribution in [2.45, 2.75) is 19.5 Å². The summed E-state index contributed by atoms with van der Waals surface area (Å²) in [6.45, 7) is 2.92. The molecule has 5 nitrogen and oxygen atoms in total. The zero-order chi connectivity index (χ0) is 19.3. The first-order valence-electron chi connectivity index (χ1n) is 9.36. The number of nitrogens with zero attached hydrogens (tertiary/aromatic N) is 4. The summed E-state index contributed by atoms with van der Waals surface area (Å²) in [5.41, 5.74) is 6.79. The molecule has 1 atom stereocenters. The van der Waals surface area contributed by atoms with E-state index in [0.29, 0.717) is 0 Å². The minimum absolute atomic E-state index is 0.186. The van der Waals surface area contributed by atoms with Crippen molar-refractivity contribution in [1.29, 1.82) is 0 Å². The van der Waals surface area contributed by atoms with E-state index >= 15 is 0 Å². The van der Waals surface area contributed by atoms with Gasteiger partial charge in [-0.3, -0.25) is 10.00 Å². The van der Waals surface area contributed by atoms with Crippen molar-refractivity contribution in [1.82, 2.24) is 25.1 Å². The highest BCUT2D eigenvalue weighted by Gasteiger charge is 2.16. The van der Waals surface area contributed by atoms with Crippen LogP contribution in [0.3, 0.4) is 0 Å². The number of aromatic nitrogens is 4. The van der Waals surface area contributed by atoms with Crippen molar-refractivity contribution >= 4 is 0 Å². The van der Waals surface area contributed by atoms with Gasteiger partial charge in [0.25, 0.3) is 0 Å². The van der Waals surface area contributed by atoms with Gasteiger partial charge in [0.05, 0.1) is 17.6 Å². The van der Waals surface area contributed by atoms with Crippen LogP contribution in [0.15, 0.2) is 79.4 Å². The maximum atomic E-state index is 4.37. The maximum Gasteiger partial charge on any atom is 0.115 e. The van der Waals surface area contributed by atoms with E-state index in [2.05, 4.69) is 87.6 Å². The van der Waals surface area contributed by atoms with Gasteiger partial charge in [-0.25, -0.2) is 9.97 Å². The van der Waals surface area contributed by atoms with Gasteiger partial charge in [-0.2, -0.15) is 5.10 Å². The van der Waals surface area contributed by atoms with Gasteiger partial charge in [0.2, 0.25) is 0 Å². The third-order valence-corrected chi connectivity index (χ3v) is 5.11. The zero-order valence-electron chi connectivity index (χ0n) is 16.1. The van der Waals surface area contributed by atoms with Gasteiger partial charge < -0.3 is 0 Å². The minimum Gasteiger partial charge on any atom is -0.294 e. The monoisotopic (exact) mass is 369 g/mol. The van der Waals surface area contributed by atoms with Crippen LogP contribution < -0.4 is 0 Å². The van der Waals surface area contributed by atoms with E-state index < -0.39 is 0 Å². The van der Waals surface area contributed by atoms with Crippen molar-refractivity contribution < 1.29 is 0 Å². The molecule has 0 aliphatic carbocycles. The summed E-state index contributed by atoms with van der Waals surface area (Å²) in [6, 6.07) is 21.2. The zero-order valence-corrected chi connectivity index (χ0v) is 16.1. The highest BCUT2D eigenvalue weighted by molar-refractivity contribution is 5.69. The molecule has 2 heterocycles. The molecule has 140 valence electrons. The number of rotatable bonds is 6. The molecule has 0 spiro atoms. The number of H-pyrrole nitrogens is 1. The molecule has 2 aromatic carbocycles. The average Bonchev–Trinajstić information content (AvgIpc) is 3.22. The molecule has 0 aliphatic rings. The van der Waals surface area contributed by atoms with Crippen molar-refractivity contribution in [3.05, 3.63) is 90.6 Å². The second-order valence-electron chi connectivity index (χ2n) is 6.94. The van der Waals surface area contributed by atoms with Gasteiger partial charge in [0.1, 0.15) is 6.33 Å². The summed E-state index contributed by atoms with van der Waals surface area (Å²) in [4.78, 5) is 10.6. The molecule has 0 bridgehead atoms. The molecule has 4 aromatic rings. The van der Waals surface area contributed by atoms with Crippen LogP contribution >= 0.6 is 0 Å². The summed E-state index contributed by atoms with van der Waals surface area (Å²) in [6.07, 6.45) is 5.28. The molecule has 0 aliphatic heterocycles. The highest BCUT2D eigenvalue weighted by Crippen LogP contribution is 2.27. The van der Waals surface area contributed by atoms with Gasteiger partial charge >= 0.3 is 0 Å². The van der Waals surface area contributed by atoms with E-state index in [9.17, 15) is 0 Å². The van der Waals surface area contributed by atoms with Crippen LogP contribution in [0.1, 0.15) is 24.2 Å². The van der Waals surface area contributed by atoms with Crippen LogP contribution in [0.4, 0.5) is 0 Å². The molecule has 2 aromatic heterocycles. The predicted molar refractivity (Wildman–Crippen MR) is 111 cm³/mol.